The third kappa shape index (κ3) is 3.17. The Kier molecular flexibility index (Phi) is 4.75. The number of rotatable bonds is 5. The number of amides is 1. The lowest BCUT2D eigenvalue weighted by molar-refractivity contribution is -0.132. The quantitative estimate of drug-likeness (QED) is 0.808. The molecule has 110 valence electrons. The Morgan fingerprint density at radius 2 is 2.35 bits per heavy atom. The van der Waals surface area contributed by atoms with E-state index in [-0.39, 0.29) is 11.7 Å². The van der Waals surface area contributed by atoms with E-state index in [2.05, 4.69) is 5.32 Å². The SMILES string of the molecule is CCNC(=O)C1COCCN1Cc1ccoc1C(=O)O. The first kappa shape index (κ1) is 14.5. The summed E-state index contributed by atoms with van der Waals surface area (Å²) in [6.07, 6.45) is 1.35. The fourth-order valence-electron chi connectivity index (χ4n) is 2.23. The van der Waals surface area contributed by atoms with Crippen molar-refractivity contribution in [2.45, 2.75) is 19.5 Å². The number of ether oxygens (including phenoxy) is 1. The zero-order valence-electron chi connectivity index (χ0n) is 11.3. The zero-order valence-corrected chi connectivity index (χ0v) is 11.3. The average molecular weight is 282 g/mol. The highest BCUT2D eigenvalue weighted by molar-refractivity contribution is 5.86. The Morgan fingerprint density at radius 3 is 3.05 bits per heavy atom. The van der Waals surface area contributed by atoms with Gasteiger partial charge in [0.1, 0.15) is 6.04 Å². The van der Waals surface area contributed by atoms with Crippen LogP contribution in [0.1, 0.15) is 23.0 Å². The number of furan rings is 1. The zero-order chi connectivity index (χ0) is 14.5. The largest absolute Gasteiger partial charge is 0.475 e. The number of carboxylic acids is 1. The highest BCUT2D eigenvalue weighted by Crippen LogP contribution is 2.17. The number of nitrogens with zero attached hydrogens (tertiary/aromatic N) is 1. The van der Waals surface area contributed by atoms with Crippen molar-refractivity contribution in [1.82, 2.24) is 10.2 Å². The first-order chi connectivity index (χ1) is 9.63. The Bertz CT molecular complexity index is 485. The fraction of sp³-hybridized carbons (Fsp3) is 0.538. The number of carboxylic acid groups (broad SMARTS) is 1. The van der Waals surface area contributed by atoms with E-state index in [4.69, 9.17) is 14.3 Å². The lowest BCUT2D eigenvalue weighted by atomic mass is 10.1. The maximum atomic E-state index is 12.0. The monoisotopic (exact) mass is 282 g/mol. The van der Waals surface area contributed by atoms with Gasteiger partial charge in [-0.05, 0) is 13.0 Å². The summed E-state index contributed by atoms with van der Waals surface area (Å²) in [5.41, 5.74) is 0.564. The van der Waals surface area contributed by atoms with Gasteiger partial charge < -0.3 is 19.6 Å². The molecule has 1 aliphatic heterocycles. The predicted molar refractivity (Wildman–Crippen MR) is 69.4 cm³/mol. The van der Waals surface area contributed by atoms with Crippen LogP contribution in [0.3, 0.4) is 0 Å². The van der Waals surface area contributed by atoms with E-state index in [9.17, 15) is 9.59 Å². The summed E-state index contributed by atoms with van der Waals surface area (Å²) in [7, 11) is 0. The summed E-state index contributed by atoms with van der Waals surface area (Å²) in [6, 6.07) is 1.22. The number of hydrogen-bond donors (Lipinski definition) is 2. The Labute approximate surface area is 116 Å². The number of carbonyl (C=O) groups excluding carboxylic acids is 1. The van der Waals surface area contributed by atoms with Gasteiger partial charge in [-0.25, -0.2) is 4.79 Å². The highest BCUT2D eigenvalue weighted by Gasteiger charge is 2.30. The van der Waals surface area contributed by atoms with Crippen LogP contribution in [0.5, 0.6) is 0 Å². The summed E-state index contributed by atoms with van der Waals surface area (Å²) in [5.74, 6) is -1.29. The second kappa shape index (κ2) is 6.53. The molecule has 0 spiro atoms. The molecule has 0 radical (unpaired) electrons. The molecule has 7 heteroatoms. The number of morpholine rings is 1. The second-order valence-corrected chi connectivity index (χ2v) is 4.54. The van der Waals surface area contributed by atoms with Crippen molar-refractivity contribution in [2.24, 2.45) is 0 Å². The van der Waals surface area contributed by atoms with Gasteiger partial charge in [0.25, 0.3) is 0 Å². The standard InChI is InChI=1S/C13H18N2O5/c1-2-14-12(16)10-8-19-6-4-15(10)7-9-3-5-20-11(9)13(17)18/h3,5,10H,2,4,6-8H2,1H3,(H,14,16)(H,17,18). The Morgan fingerprint density at radius 1 is 1.55 bits per heavy atom. The molecule has 1 atom stereocenters. The predicted octanol–water partition coefficient (Wildman–Crippen LogP) is 0.315. The number of hydrogen-bond acceptors (Lipinski definition) is 5. The summed E-state index contributed by atoms with van der Waals surface area (Å²) >= 11 is 0. The van der Waals surface area contributed by atoms with Crippen molar-refractivity contribution in [2.75, 3.05) is 26.3 Å². The molecule has 2 N–H and O–H groups in total. The molecule has 1 saturated heterocycles. The molecular formula is C13H18N2O5. The molecule has 1 fully saturated rings. The molecule has 1 amide bonds. The first-order valence-corrected chi connectivity index (χ1v) is 6.52. The third-order valence-electron chi connectivity index (χ3n) is 3.21. The third-order valence-corrected chi connectivity index (χ3v) is 3.21. The van der Waals surface area contributed by atoms with Crippen LogP contribution in [0.2, 0.25) is 0 Å². The number of aromatic carboxylic acids is 1. The van der Waals surface area contributed by atoms with Crippen LogP contribution in [0.15, 0.2) is 16.7 Å². The van der Waals surface area contributed by atoms with Gasteiger partial charge in [0.15, 0.2) is 0 Å². The van der Waals surface area contributed by atoms with Gasteiger partial charge >= 0.3 is 5.97 Å². The second-order valence-electron chi connectivity index (χ2n) is 4.54. The number of carbonyl (C=O) groups is 2. The van der Waals surface area contributed by atoms with Crippen molar-refractivity contribution in [3.8, 4) is 0 Å². The summed E-state index contributed by atoms with van der Waals surface area (Å²) in [6.45, 7) is 4.16. The van der Waals surface area contributed by atoms with Crippen molar-refractivity contribution >= 4 is 11.9 Å². The minimum Gasteiger partial charge on any atom is -0.475 e. The Hall–Kier alpha value is -1.86. The number of nitrogens with one attached hydrogen (secondary N) is 1. The average Bonchev–Trinajstić information content (AvgIpc) is 2.88. The molecule has 7 nitrogen and oxygen atoms in total. The summed E-state index contributed by atoms with van der Waals surface area (Å²) in [4.78, 5) is 24.9. The molecule has 1 aliphatic rings. The van der Waals surface area contributed by atoms with Crippen LogP contribution < -0.4 is 5.32 Å². The van der Waals surface area contributed by atoms with Crippen molar-refractivity contribution < 1.29 is 23.8 Å². The topological polar surface area (TPSA) is 92.0 Å². The normalized spacial score (nSPS) is 19.8. The maximum absolute atomic E-state index is 12.0. The molecule has 1 unspecified atom stereocenters. The smallest absolute Gasteiger partial charge is 0.372 e. The van der Waals surface area contributed by atoms with Crippen LogP contribution in [-0.2, 0) is 16.1 Å². The summed E-state index contributed by atoms with van der Waals surface area (Å²) < 4.78 is 10.3. The van der Waals surface area contributed by atoms with E-state index in [1.165, 1.54) is 6.26 Å². The van der Waals surface area contributed by atoms with Crippen LogP contribution >= 0.6 is 0 Å². The fourth-order valence-corrected chi connectivity index (χ4v) is 2.23. The first-order valence-electron chi connectivity index (χ1n) is 6.52. The van der Waals surface area contributed by atoms with E-state index in [1.807, 2.05) is 11.8 Å². The minimum absolute atomic E-state index is 0.0776. The van der Waals surface area contributed by atoms with Crippen molar-refractivity contribution in [3.63, 3.8) is 0 Å². The van der Waals surface area contributed by atoms with E-state index in [0.717, 1.165) is 0 Å². The van der Waals surface area contributed by atoms with E-state index >= 15 is 0 Å². The highest BCUT2D eigenvalue weighted by atomic mass is 16.5. The lowest BCUT2D eigenvalue weighted by Crippen LogP contribution is -2.53. The van der Waals surface area contributed by atoms with Gasteiger partial charge in [-0.15, -0.1) is 0 Å². The summed E-state index contributed by atoms with van der Waals surface area (Å²) in [5, 5.41) is 11.8. The maximum Gasteiger partial charge on any atom is 0.372 e. The number of likely N-dealkylation sites (N-methyl/N-ethyl adjacent to an activating group) is 1. The lowest BCUT2D eigenvalue weighted by Gasteiger charge is -2.34. The molecule has 1 aromatic heterocycles. The van der Waals surface area contributed by atoms with Crippen LogP contribution in [0, 0.1) is 0 Å². The van der Waals surface area contributed by atoms with E-state index < -0.39 is 12.0 Å². The Balaban J connectivity index is 2.10. The minimum atomic E-state index is -1.10. The van der Waals surface area contributed by atoms with Gasteiger partial charge in [0.05, 0.1) is 19.5 Å². The van der Waals surface area contributed by atoms with Crippen molar-refractivity contribution in [1.29, 1.82) is 0 Å². The molecule has 2 rings (SSSR count). The van der Waals surface area contributed by atoms with Crippen LogP contribution in [0.25, 0.3) is 0 Å². The van der Waals surface area contributed by atoms with Gasteiger partial charge in [-0.3, -0.25) is 9.69 Å². The van der Waals surface area contributed by atoms with Gasteiger partial charge in [0.2, 0.25) is 11.7 Å². The van der Waals surface area contributed by atoms with E-state index in [1.54, 1.807) is 6.07 Å². The van der Waals surface area contributed by atoms with Crippen LogP contribution in [0.4, 0.5) is 0 Å². The molecule has 20 heavy (non-hydrogen) atoms. The molecule has 0 aromatic carbocycles. The van der Waals surface area contributed by atoms with Gasteiger partial charge in [0, 0.05) is 25.2 Å². The molecular weight excluding hydrogens is 264 g/mol. The molecule has 0 aliphatic carbocycles. The van der Waals surface area contributed by atoms with E-state index in [0.29, 0.717) is 38.4 Å². The molecule has 1 aromatic rings. The molecule has 0 saturated carbocycles. The van der Waals surface area contributed by atoms with Crippen molar-refractivity contribution in [3.05, 3.63) is 23.7 Å². The van der Waals surface area contributed by atoms with Crippen LogP contribution in [-0.4, -0.2) is 54.2 Å². The van der Waals surface area contributed by atoms with Gasteiger partial charge in [-0.1, -0.05) is 0 Å². The molecule has 2 heterocycles. The van der Waals surface area contributed by atoms with Gasteiger partial charge in [-0.2, -0.15) is 0 Å². The molecule has 0 bridgehead atoms.